The van der Waals surface area contributed by atoms with Crippen molar-refractivity contribution < 1.29 is 32.4 Å². The predicted molar refractivity (Wildman–Crippen MR) is 194 cm³/mol. The molecule has 51 heavy (non-hydrogen) atoms. The smallest absolute Gasteiger partial charge is 0.289 e. The third-order valence-electron chi connectivity index (χ3n) is 11.0. The minimum absolute atomic E-state index is 0.0295. The van der Waals surface area contributed by atoms with Gasteiger partial charge in [-0.2, -0.15) is 4.72 Å². The van der Waals surface area contributed by atoms with Crippen molar-refractivity contribution in [2.75, 3.05) is 13.1 Å². The molecule has 0 aromatic heterocycles. The molecular weight excluding hydrogens is 671 g/mol. The number of rotatable bonds is 16. The summed E-state index contributed by atoms with van der Waals surface area (Å²) in [4.78, 5) is 70.2. The first-order valence-electron chi connectivity index (χ1n) is 18.4. The summed E-state index contributed by atoms with van der Waals surface area (Å²) in [5.74, 6) is -3.53. The van der Waals surface area contributed by atoms with Crippen LogP contribution >= 0.6 is 0 Å². The molecule has 3 fully saturated rings. The Labute approximate surface area is 303 Å². The fourth-order valence-corrected chi connectivity index (χ4v) is 9.16. The van der Waals surface area contributed by atoms with E-state index in [0.717, 1.165) is 25.7 Å². The van der Waals surface area contributed by atoms with E-state index in [0.29, 0.717) is 19.3 Å². The first-order valence-corrected chi connectivity index (χ1v) is 19.9. The van der Waals surface area contributed by atoms with E-state index >= 15 is 0 Å². The number of sulfonamides is 1. The van der Waals surface area contributed by atoms with Gasteiger partial charge in [-0.15, -0.1) is 6.58 Å². The van der Waals surface area contributed by atoms with Gasteiger partial charge < -0.3 is 20.9 Å². The molecular formula is C38H57N5O7S. The number of amides is 4. The fraction of sp³-hybridized carbons (Fsp3) is 0.658. The Balaban J connectivity index is 1.60. The first-order chi connectivity index (χ1) is 23.9. The van der Waals surface area contributed by atoms with Crippen molar-refractivity contribution in [3.05, 3.63) is 43.0 Å². The summed E-state index contributed by atoms with van der Waals surface area (Å²) >= 11 is 0. The van der Waals surface area contributed by atoms with E-state index in [2.05, 4.69) is 27.3 Å². The van der Waals surface area contributed by atoms with Crippen LogP contribution in [0.25, 0.3) is 0 Å². The van der Waals surface area contributed by atoms with Gasteiger partial charge in [0.25, 0.3) is 5.91 Å². The molecule has 1 saturated heterocycles. The van der Waals surface area contributed by atoms with Crippen LogP contribution in [0.3, 0.4) is 0 Å². The SMILES string of the molecule is C=CCNC(=O)C(=O)C(CCCC)NC(=O)[C@@H]1[C@@H]2[C@H](CN1C(=O)[C@@H](NC(=O)[C@@H](NS(=O)(=O)c1ccccc1)C1CCCCC1)C(C)(C)C)C2(C)C. The Morgan fingerprint density at radius 3 is 2.25 bits per heavy atom. The largest absolute Gasteiger partial charge is 0.346 e. The number of piperidine rings is 1. The highest BCUT2D eigenvalue weighted by atomic mass is 32.2. The number of benzene rings is 1. The molecule has 2 saturated carbocycles. The molecule has 4 rings (SSSR count). The third-order valence-corrected chi connectivity index (χ3v) is 12.5. The minimum atomic E-state index is -4.05. The van der Waals surface area contributed by atoms with Crippen LogP contribution in [0.4, 0.5) is 0 Å². The van der Waals surface area contributed by atoms with Crippen molar-refractivity contribution in [3.63, 3.8) is 0 Å². The van der Waals surface area contributed by atoms with Gasteiger partial charge in [0.2, 0.25) is 33.5 Å². The molecule has 13 heteroatoms. The minimum Gasteiger partial charge on any atom is -0.346 e. The summed E-state index contributed by atoms with van der Waals surface area (Å²) < 4.78 is 29.6. The second-order valence-corrected chi connectivity index (χ2v) is 17.8. The molecule has 1 heterocycles. The molecule has 4 amide bonds. The van der Waals surface area contributed by atoms with Crippen molar-refractivity contribution in [2.45, 2.75) is 122 Å². The van der Waals surface area contributed by atoms with E-state index < -0.39 is 69.0 Å². The maximum absolute atomic E-state index is 14.6. The molecule has 12 nitrogen and oxygen atoms in total. The summed E-state index contributed by atoms with van der Waals surface area (Å²) in [6.07, 6.45) is 7.14. The zero-order chi connectivity index (χ0) is 37.7. The second kappa shape index (κ2) is 16.4. The topological polar surface area (TPSA) is 171 Å². The molecule has 1 aromatic carbocycles. The van der Waals surface area contributed by atoms with Crippen LogP contribution in [0.15, 0.2) is 47.9 Å². The van der Waals surface area contributed by atoms with Gasteiger partial charge in [-0.25, -0.2) is 8.42 Å². The highest BCUT2D eigenvalue weighted by Crippen LogP contribution is 2.65. The molecule has 0 bridgehead atoms. The quantitative estimate of drug-likeness (QED) is 0.149. The van der Waals surface area contributed by atoms with E-state index in [-0.39, 0.29) is 47.6 Å². The maximum atomic E-state index is 14.6. The van der Waals surface area contributed by atoms with Crippen LogP contribution in [0.5, 0.6) is 0 Å². The van der Waals surface area contributed by atoms with Crippen molar-refractivity contribution in [1.29, 1.82) is 0 Å². The zero-order valence-corrected chi connectivity index (χ0v) is 31.8. The van der Waals surface area contributed by atoms with Gasteiger partial charge in [0.05, 0.1) is 10.9 Å². The monoisotopic (exact) mass is 727 g/mol. The Hall–Kier alpha value is -3.58. The Morgan fingerprint density at radius 1 is 1.02 bits per heavy atom. The molecule has 2 aliphatic carbocycles. The van der Waals surface area contributed by atoms with Gasteiger partial charge in [0.1, 0.15) is 18.1 Å². The van der Waals surface area contributed by atoms with Crippen LogP contribution in [-0.2, 0) is 34.0 Å². The fourth-order valence-electron chi connectivity index (χ4n) is 7.87. The molecule has 6 atom stereocenters. The standard InChI is InChI=1S/C38H57N5O7S/c1-8-10-21-27(31(44)35(47)39-22-9-2)40-34(46)30-28-26(38(28,6)7)23-43(30)36(48)32(37(3,4)5)41-33(45)29(24-17-13-11-14-18-24)42-51(49,50)25-19-15-12-16-20-25/h9,12,15-16,19-20,24,26-30,32,42H,2,8,10-11,13-14,17-18,21-23H2,1,3-7H3,(H,39,47)(H,40,46)(H,41,45)/t26-,27?,28-,29-,30-,32+/m0/s1. The summed E-state index contributed by atoms with van der Waals surface area (Å²) in [6.45, 7) is 15.4. The maximum Gasteiger partial charge on any atom is 0.289 e. The van der Waals surface area contributed by atoms with Gasteiger partial charge in [0, 0.05) is 13.1 Å². The lowest BCUT2D eigenvalue weighted by molar-refractivity contribution is -0.147. The first kappa shape index (κ1) is 40.2. The van der Waals surface area contributed by atoms with Crippen molar-refractivity contribution in [3.8, 4) is 0 Å². The molecule has 1 aliphatic heterocycles. The summed E-state index contributed by atoms with van der Waals surface area (Å²) in [5, 5.41) is 8.24. The Kier molecular flexibility index (Phi) is 12.9. The molecule has 4 N–H and O–H groups in total. The molecule has 0 radical (unpaired) electrons. The van der Waals surface area contributed by atoms with Crippen LogP contribution in [0.2, 0.25) is 0 Å². The van der Waals surface area contributed by atoms with Crippen LogP contribution in [-0.4, -0.2) is 80.0 Å². The number of carbonyl (C=O) groups excluding carboxylic acids is 5. The van der Waals surface area contributed by atoms with Crippen LogP contribution < -0.4 is 20.7 Å². The number of likely N-dealkylation sites (tertiary alicyclic amines) is 1. The lowest BCUT2D eigenvalue weighted by atomic mass is 9.82. The van der Waals surface area contributed by atoms with Gasteiger partial charge >= 0.3 is 0 Å². The summed E-state index contributed by atoms with van der Waals surface area (Å²) in [7, 11) is -4.05. The summed E-state index contributed by atoms with van der Waals surface area (Å²) in [5.41, 5.74) is -1.04. The highest BCUT2D eigenvalue weighted by Gasteiger charge is 2.70. The number of unbranched alkanes of at least 4 members (excludes halogenated alkanes) is 1. The molecule has 1 unspecified atom stereocenters. The number of Topliss-reactive ketones (excluding diaryl/α,β-unsaturated/α-hetero) is 1. The Bertz CT molecular complexity index is 1570. The van der Waals surface area contributed by atoms with Crippen LogP contribution in [0, 0.1) is 28.6 Å². The zero-order valence-electron chi connectivity index (χ0n) is 31.0. The molecule has 282 valence electrons. The number of nitrogens with one attached hydrogen (secondary N) is 4. The number of carbonyl (C=O) groups is 5. The van der Waals surface area contributed by atoms with Gasteiger partial charge in [-0.05, 0) is 60.0 Å². The average Bonchev–Trinajstić information content (AvgIpc) is 3.39. The van der Waals surface area contributed by atoms with Gasteiger partial charge in [-0.3, -0.25) is 24.0 Å². The number of hydrogen-bond donors (Lipinski definition) is 4. The number of fused-ring (bicyclic) bond motifs is 1. The van der Waals surface area contributed by atoms with E-state index in [9.17, 15) is 32.4 Å². The van der Waals surface area contributed by atoms with E-state index in [1.54, 1.807) is 18.2 Å². The van der Waals surface area contributed by atoms with E-state index in [1.165, 1.54) is 23.1 Å². The number of hydrogen-bond acceptors (Lipinski definition) is 7. The predicted octanol–water partition coefficient (Wildman–Crippen LogP) is 3.47. The van der Waals surface area contributed by atoms with E-state index in [4.69, 9.17) is 0 Å². The average molecular weight is 728 g/mol. The van der Waals surface area contributed by atoms with Crippen LogP contribution in [0.1, 0.15) is 92.9 Å². The second-order valence-electron chi connectivity index (χ2n) is 16.1. The van der Waals surface area contributed by atoms with E-state index in [1.807, 2.05) is 41.5 Å². The Morgan fingerprint density at radius 2 is 1.67 bits per heavy atom. The number of ketones is 1. The number of nitrogens with zero attached hydrogens (tertiary/aromatic N) is 1. The van der Waals surface area contributed by atoms with Gasteiger partial charge in [0.15, 0.2) is 0 Å². The highest BCUT2D eigenvalue weighted by molar-refractivity contribution is 7.89. The third kappa shape index (κ3) is 9.27. The lowest BCUT2D eigenvalue weighted by Crippen LogP contribution is -2.62. The van der Waals surface area contributed by atoms with Crippen molar-refractivity contribution in [2.24, 2.45) is 28.6 Å². The molecule has 0 spiro atoms. The normalized spacial score (nSPS) is 23.3. The molecule has 1 aromatic rings. The van der Waals surface area contributed by atoms with Gasteiger partial charge in [-0.1, -0.05) is 97.9 Å². The van der Waals surface area contributed by atoms with Crippen molar-refractivity contribution >= 4 is 39.4 Å². The van der Waals surface area contributed by atoms with Crippen molar-refractivity contribution in [1.82, 2.24) is 25.6 Å². The lowest BCUT2D eigenvalue weighted by Gasteiger charge is -2.39. The molecule has 3 aliphatic rings. The summed E-state index contributed by atoms with van der Waals surface area (Å²) in [6, 6.07) is 3.72.